The van der Waals surface area contributed by atoms with Gasteiger partial charge in [-0.25, -0.2) is 14.3 Å². The first kappa shape index (κ1) is 14.8. The van der Waals surface area contributed by atoms with E-state index in [1.807, 2.05) is 0 Å². The van der Waals surface area contributed by atoms with Gasteiger partial charge in [0.15, 0.2) is 0 Å². The Morgan fingerprint density at radius 2 is 2.05 bits per heavy atom. The molecule has 21 heavy (non-hydrogen) atoms. The molecule has 2 rings (SSSR count). The lowest BCUT2D eigenvalue weighted by molar-refractivity contribution is 0.0524. The maximum atomic E-state index is 11.9. The molecule has 6 heteroatoms. The van der Waals surface area contributed by atoms with Gasteiger partial charge in [-0.05, 0) is 39.0 Å². The summed E-state index contributed by atoms with van der Waals surface area (Å²) in [5, 5.41) is 13.3. The molecule has 0 atom stereocenters. The molecule has 1 aromatic heterocycles. The number of rotatable bonds is 4. The Morgan fingerprint density at radius 1 is 1.33 bits per heavy atom. The minimum atomic E-state index is -1.01. The SMILES string of the molecule is CCOC(=O)c1c(C)nn(-c2cccc(C(=O)O)c2)c1C. The summed E-state index contributed by atoms with van der Waals surface area (Å²) in [5.74, 6) is -1.43. The average Bonchev–Trinajstić information content (AvgIpc) is 2.74. The van der Waals surface area contributed by atoms with Gasteiger partial charge in [-0.1, -0.05) is 6.07 Å². The number of aromatic carboxylic acids is 1. The number of aromatic nitrogens is 2. The standard InChI is InChI=1S/C15H16N2O4/c1-4-21-15(20)13-9(2)16-17(10(13)3)12-7-5-6-11(8-12)14(18)19/h5-8H,4H2,1-3H3,(H,18,19). The van der Waals surface area contributed by atoms with Gasteiger partial charge in [-0.15, -0.1) is 0 Å². The van der Waals surface area contributed by atoms with Gasteiger partial charge in [0, 0.05) is 0 Å². The molecular formula is C15H16N2O4. The number of esters is 1. The summed E-state index contributed by atoms with van der Waals surface area (Å²) in [4.78, 5) is 23.0. The first-order valence-electron chi connectivity index (χ1n) is 6.52. The molecular weight excluding hydrogens is 272 g/mol. The Bertz CT molecular complexity index is 704. The number of carbonyl (C=O) groups is 2. The van der Waals surface area contributed by atoms with Crippen molar-refractivity contribution in [1.29, 1.82) is 0 Å². The molecule has 0 aliphatic heterocycles. The van der Waals surface area contributed by atoms with E-state index in [0.717, 1.165) is 0 Å². The summed E-state index contributed by atoms with van der Waals surface area (Å²) in [5.41, 5.74) is 2.33. The zero-order valence-electron chi connectivity index (χ0n) is 12.1. The van der Waals surface area contributed by atoms with E-state index in [2.05, 4.69) is 5.10 Å². The van der Waals surface area contributed by atoms with Crippen molar-refractivity contribution >= 4 is 11.9 Å². The molecule has 6 nitrogen and oxygen atoms in total. The van der Waals surface area contributed by atoms with E-state index in [1.54, 1.807) is 37.6 Å². The van der Waals surface area contributed by atoms with Gasteiger partial charge in [0.05, 0.1) is 29.2 Å². The molecule has 0 radical (unpaired) electrons. The van der Waals surface area contributed by atoms with Crippen LogP contribution in [0.5, 0.6) is 0 Å². The smallest absolute Gasteiger partial charge is 0.341 e. The summed E-state index contributed by atoms with van der Waals surface area (Å²) < 4.78 is 6.56. The van der Waals surface area contributed by atoms with Crippen LogP contribution in [0.4, 0.5) is 0 Å². The molecule has 0 spiro atoms. The van der Waals surface area contributed by atoms with Gasteiger partial charge in [0.25, 0.3) is 0 Å². The largest absolute Gasteiger partial charge is 0.478 e. The quantitative estimate of drug-likeness (QED) is 0.873. The van der Waals surface area contributed by atoms with Crippen molar-refractivity contribution in [3.63, 3.8) is 0 Å². The molecule has 1 aromatic carbocycles. The van der Waals surface area contributed by atoms with Crippen LogP contribution >= 0.6 is 0 Å². The third-order valence-electron chi connectivity index (χ3n) is 3.11. The Labute approximate surface area is 122 Å². The monoisotopic (exact) mass is 288 g/mol. The van der Waals surface area contributed by atoms with Crippen LogP contribution in [0.3, 0.4) is 0 Å². The van der Waals surface area contributed by atoms with Gasteiger partial charge in [-0.2, -0.15) is 5.10 Å². The molecule has 0 aliphatic carbocycles. The fourth-order valence-corrected chi connectivity index (χ4v) is 2.16. The van der Waals surface area contributed by atoms with Crippen LogP contribution in [0.15, 0.2) is 24.3 Å². The number of carbonyl (C=O) groups excluding carboxylic acids is 1. The number of nitrogens with zero attached hydrogens (tertiary/aromatic N) is 2. The molecule has 0 aliphatic rings. The fraction of sp³-hybridized carbons (Fsp3) is 0.267. The van der Waals surface area contributed by atoms with E-state index in [0.29, 0.717) is 22.6 Å². The molecule has 0 saturated carbocycles. The second-order valence-corrected chi connectivity index (χ2v) is 4.53. The average molecular weight is 288 g/mol. The zero-order valence-corrected chi connectivity index (χ0v) is 12.1. The molecule has 1 N–H and O–H groups in total. The van der Waals surface area contributed by atoms with E-state index in [4.69, 9.17) is 9.84 Å². The van der Waals surface area contributed by atoms with Gasteiger partial charge >= 0.3 is 11.9 Å². The molecule has 0 bridgehead atoms. The summed E-state index contributed by atoms with van der Waals surface area (Å²) in [6.07, 6.45) is 0. The van der Waals surface area contributed by atoms with Crippen molar-refractivity contribution in [2.45, 2.75) is 20.8 Å². The number of ether oxygens (including phenoxy) is 1. The van der Waals surface area contributed by atoms with E-state index < -0.39 is 11.9 Å². The number of benzene rings is 1. The summed E-state index contributed by atoms with van der Waals surface area (Å²) in [6, 6.07) is 6.39. The molecule has 2 aromatic rings. The van der Waals surface area contributed by atoms with E-state index in [-0.39, 0.29) is 12.2 Å². The Kier molecular flexibility index (Phi) is 4.07. The number of hydrogen-bond acceptors (Lipinski definition) is 4. The van der Waals surface area contributed by atoms with Crippen LogP contribution in [0.1, 0.15) is 39.0 Å². The van der Waals surface area contributed by atoms with E-state index in [9.17, 15) is 9.59 Å². The maximum absolute atomic E-state index is 11.9. The van der Waals surface area contributed by atoms with Gasteiger partial charge in [-0.3, -0.25) is 0 Å². The van der Waals surface area contributed by atoms with Crippen LogP contribution in [-0.4, -0.2) is 33.4 Å². The molecule has 0 unspecified atom stereocenters. The van der Waals surface area contributed by atoms with E-state index in [1.165, 1.54) is 12.1 Å². The third-order valence-corrected chi connectivity index (χ3v) is 3.11. The highest BCUT2D eigenvalue weighted by Gasteiger charge is 2.20. The Balaban J connectivity index is 2.51. The highest BCUT2D eigenvalue weighted by molar-refractivity contribution is 5.92. The van der Waals surface area contributed by atoms with Crippen LogP contribution in [-0.2, 0) is 4.74 Å². The van der Waals surface area contributed by atoms with Crippen LogP contribution in [0, 0.1) is 13.8 Å². The van der Waals surface area contributed by atoms with Crippen molar-refractivity contribution in [3.8, 4) is 5.69 Å². The third kappa shape index (κ3) is 2.79. The highest BCUT2D eigenvalue weighted by atomic mass is 16.5. The lowest BCUT2D eigenvalue weighted by atomic mass is 10.2. The Morgan fingerprint density at radius 3 is 2.67 bits per heavy atom. The van der Waals surface area contributed by atoms with E-state index >= 15 is 0 Å². The van der Waals surface area contributed by atoms with Crippen molar-refractivity contribution in [3.05, 3.63) is 46.8 Å². The van der Waals surface area contributed by atoms with Crippen LogP contribution < -0.4 is 0 Å². The lowest BCUT2D eigenvalue weighted by Gasteiger charge is -2.06. The second kappa shape index (κ2) is 5.78. The number of hydrogen-bond donors (Lipinski definition) is 1. The zero-order chi connectivity index (χ0) is 15.6. The molecule has 1 heterocycles. The first-order chi connectivity index (χ1) is 9.95. The number of carboxylic acids is 1. The predicted octanol–water partition coefficient (Wildman–Crippen LogP) is 2.36. The molecule has 110 valence electrons. The van der Waals surface area contributed by atoms with Crippen molar-refractivity contribution in [1.82, 2.24) is 9.78 Å². The molecule has 0 amide bonds. The highest BCUT2D eigenvalue weighted by Crippen LogP contribution is 2.19. The maximum Gasteiger partial charge on any atom is 0.341 e. The summed E-state index contributed by atoms with van der Waals surface area (Å²) >= 11 is 0. The minimum Gasteiger partial charge on any atom is -0.478 e. The van der Waals surface area contributed by atoms with Crippen molar-refractivity contribution in [2.75, 3.05) is 6.61 Å². The minimum absolute atomic E-state index is 0.165. The first-order valence-corrected chi connectivity index (χ1v) is 6.52. The topological polar surface area (TPSA) is 81.4 Å². The number of aryl methyl sites for hydroxylation is 1. The summed E-state index contributed by atoms with van der Waals surface area (Å²) in [7, 11) is 0. The molecule has 0 fully saturated rings. The summed E-state index contributed by atoms with van der Waals surface area (Å²) in [6.45, 7) is 5.50. The van der Waals surface area contributed by atoms with Crippen molar-refractivity contribution < 1.29 is 19.4 Å². The normalized spacial score (nSPS) is 10.4. The Hall–Kier alpha value is -2.63. The molecule has 0 saturated heterocycles. The lowest BCUT2D eigenvalue weighted by Crippen LogP contribution is -2.08. The van der Waals surface area contributed by atoms with Crippen LogP contribution in [0.2, 0.25) is 0 Å². The van der Waals surface area contributed by atoms with Crippen molar-refractivity contribution in [2.24, 2.45) is 0 Å². The van der Waals surface area contributed by atoms with Crippen LogP contribution in [0.25, 0.3) is 5.69 Å². The van der Waals surface area contributed by atoms with Gasteiger partial charge in [0.1, 0.15) is 5.56 Å². The number of carboxylic acid groups (broad SMARTS) is 1. The van der Waals surface area contributed by atoms with Gasteiger partial charge in [0.2, 0.25) is 0 Å². The fourth-order valence-electron chi connectivity index (χ4n) is 2.16. The predicted molar refractivity (Wildman–Crippen MR) is 76.0 cm³/mol. The van der Waals surface area contributed by atoms with Gasteiger partial charge < -0.3 is 9.84 Å². The second-order valence-electron chi connectivity index (χ2n) is 4.53.